The predicted molar refractivity (Wildman–Crippen MR) is 118 cm³/mol. The molecular weight excluding hydrogens is 380 g/mol. The monoisotopic (exact) mass is 410 g/mol. The van der Waals surface area contributed by atoms with Gasteiger partial charge >= 0.3 is 0 Å². The summed E-state index contributed by atoms with van der Waals surface area (Å²) in [4.78, 5) is 8.44. The van der Waals surface area contributed by atoms with Gasteiger partial charge in [-0.1, -0.05) is 26.8 Å². The summed E-state index contributed by atoms with van der Waals surface area (Å²) in [5, 5.41) is 0. The molecule has 7 heteroatoms. The van der Waals surface area contributed by atoms with Gasteiger partial charge in [0.1, 0.15) is 5.82 Å². The van der Waals surface area contributed by atoms with Crippen LogP contribution >= 0.6 is 0 Å². The van der Waals surface area contributed by atoms with Crippen LogP contribution in [0.2, 0.25) is 0 Å². The third-order valence-corrected chi connectivity index (χ3v) is 5.75. The highest BCUT2D eigenvalue weighted by atomic mass is 16.5. The van der Waals surface area contributed by atoms with Gasteiger partial charge in [-0.2, -0.15) is 0 Å². The van der Waals surface area contributed by atoms with Crippen LogP contribution < -0.4 is 25.1 Å². The van der Waals surface area contributed by atoms with Crippen LogP contribution in [0.25, 0.3) is 11.0 Å². The van der Waals surface area contributed by atoms with Crippen molar-refractivity contribution in [2.45, 2.75) is 38.1 Å². The largest absolute Gasteiger partial charge is 0.493 e. The zero-order valence-electron chi connectivity index (χ0n) is 18.4. The number of imidazole rings is 1. The smallest absolute Gasteiger partial charge is 0.203 e. The van der Waals surface area contributed by atoms with E-state index in [4.69, 9.17) is 19.2 Å². The maximum Gasteiger partial charge on any atom is 0.203 e. The molecule has 2 heterocycles. The first kappa shape index (κ1) is 20.5. The van der Waals surface area contributed by atoms with Crippen molar-refractivity contribution in [3.05, 3.63) is 47.3 Å². The van der Waals surface area contributed by atoms with Crippen LogP contribution in [0, 0.1) is 0 Å². The van der Waals surface area contributed by atoms with Gasteiger partial charge in [0.2, 0.25) is 5.75 Å². The van der Waals surface area contributed by atoms with Gasteiger partial charge in [0.25, 0.3) is 0 Å². The van der Waals surface area contributed by atoms with E-state index in [1.54, 1.807) is 21.3 Å². The molecule has 3 aromatic rings. The Hall–Kier alpha value is -2.77. The van der Waals surface area contributed by atoms with Crippen molar-refractivity contribution >= 4 is 11.0 Å². The first-order valence-electron chi connectivity index (χ1n) is 10.1. The summed E-state index contributed by atoms with van der Waals surface area (Å²) in [6, 6.07) is 10.4. The molecule has 0 bridgehead atoms. The Labute approximate surface area is 177 Å². The molecule has 0 amide bonds. The molecule has 0 aliphatic carbocycles. The number of methoxy groups -OCH3 is 3. The van der Waals surface area contributed by atoms with E-state index in [0.29, 0.717) is 17.2 Å². The van der Waals surface area contributed by atoms with Crippen LogP contribution in [0.4, 0.5) is 0 Å². The lowest BCUT2D eigenvalue weighted by atomic mass is 9.87. The molecule has 1 saturated heterocycles. The Morgan fingerprint density at radius 3 is 2.27 bits per heavy atom. The van der Waals surface area contributed by atoms with Crippen molar-refractivity contribution in [1.29, 1.82) is 0 Å². The fourth-order valence-corrected chi connectivity index (χ4v) is 4.02. The van der Waals surface area contributed by atoms with Gasteiger partial charge in [-0.25, -0.2) is 10.4 Å². The fraction of sp³-hybridized carbons (Fsp3) is 0.435. The number of ether oxygens (including phenoxy) is 3. The number of hydrazine groups is 1. The zero-order valence-corrected chi connectivity index (χ0v) is 18.4. The molecule has 2 atom stereocenters. The van der Waals surface area contributed by atoms with Gasteiger partial charge in [0.15, 0.2) is 11.5 Å². The average molecular weight is 411 g/mol. The van der Waals surface area contributed by atoms with Crippen molar-refractivity contribution in [3.63, 3.8) is 0 Å². The second kappa shape index (κ2) is 7.81. The molecule has 160 valence electrons. The van der Waals surface area contributed by atoms with E-state index < -0.39 is 0 Å². The summed E-state index contributed by atoms with van der Waals surface area (Å²) < 4.78 is 16.5. The number of nitrogens with one attached hydrogen (secondary N) is 3. The molecule has 0 saturated carbocycles. The summed E-state index contributed by atoms with van der Waals surface area (Å²) in [5.41, 5.74) is 11.1. The van der Waals surface area contributed by atoms with Crippen molar-refractivity contribution in [2.75, 3.05) is 27.9 Å². The Morgan fingerprint density at radius 1 is 0.967 bits per heavy atom. The Kier molecular flexibility index (Phi) is 5.34. The molecule has 3 N–H and O–H groups in total. The lowest BCUT2D eigenvalue weighted by molar-refractivity contribution is 0.323. The van der Waals surface area contributed by atoms with Crippen LogP contribution in [0.15, 0.2) is 30.3 Å². The second-order valence-electron chi connectivity index (χ2n) is 8.67. The maximum absolute atomic E-state index is 5.54. The molecular formula is C23H30N4O3. The second-order valence-corrected chi connectivity index (χ2v) is 8.67. The van der Waals surface area contributed by atoms with Gasteiger partial charge in [0.05, 0.1) is 44.3 Å². The minimum Gasteiger partial charge on any atom is -0.493 e. The summed E-state index contributed by atoms with van der Waals surface area (Å²) in [6.45, 7) is 7.41. The highest BCUT2D eigenvalue weighted by molar-refractivity contribution is 5.76. The number of H-pyrrole nitrogens is 1. The third-order valence-electron chi connectivity index (χ3n) is 5.75. The van der Waals surface area contributed by atoms with E-state index in [-0.39, 0.29) is 17.4 Å². The highest BCUT2D eigenvalue weighted by Crippen LogP contribution is 2.43. The van der Waals surface area contributed by atoms with Crippen LogP contribution in [0.1, 0.15) is 49.7 Å². The SMILES string of the molecule is COc1cc(C2NNCC2c2nc3ccc(C(C)(C)C)cc3[nH]2)cc(OC)c1OC. The molecule has 0 radical (unpaired) electrons. The molecule has 4 rings (SSSR count). The summed E-state index contributed by atoms with van der Waals surface area (Å²) in [6.07, 6.45) is 0. The lowest BCUT2D eigenvalue weighted by Crippen LogP contribution is -2.25. The minimum absolute atomic E-state index is 0.00125. The molecule has 1 fully saturated rings. The Morgan fingerprint density at radius 2 is 1.67 bits per heavy atom. The summed E-state index contributed by atoms with van der Waals surface area (Å²) in [5.74, 6) is 2.94. The molecule has 0 spiro atoms. The van der Waals surface area contributed by atoms with Crippen LogP contribution in [-0.2, 0) is 5.41 Å². The highest BCUT2D eigenvalue weighted by Gasteiger charge is 2.33. The minimum atomic E-state index is 0.00125. The molecule has 1 aliphatic rings. The van der Waals surface area contributed by atoms with Crippen molar-refractivity contribution in [2.24, 2.45) is 0 Å². The van der Waals surface area contributed by atoms with Gasteiger partial charge < -0.3 is 19.2 Å². The first-order valence-corrected chi connectivity index (χ1v) is 10.1. The number of hydrogen-bond donors (Lipinski definition) is 3. The molecule has 2 aromatic carbocycles. The normalized spacial score (nSPS) is 19.3. The van der Waals surface area contributed by atoms with E-state index >= 15 is 0 Å². The van der Waals surface area contributed by atoms with Gasteiger partial charge in [-0.3, -0.25) is 5.43 Å². The molecule has 30 heavy (non-hydrogen) atoms. The van der Waals surface area contributed by atoms with Gasteiger partial charge in [-0.05, 0) is 40.8 Å². The molecule has 1 aromatic heterocycles. The molecule has 2 unspecified atom stereocenters. The molecule has 1 aliphatic heterocycles. The van der Waals surface area contributed by atoms with E-state index in [0.717, 1.165) is 29.0 Å². The van der Waals surface area contributed by atoms with Gasteiger partial charge in [-0.15, -0.1) is 0 Å². The number of fused-ring (bicyclic) bond motifs is 1. The van der Waals surface area contributed by atoms with Gasteiger partial charge in [0, 0.05) is 6.54 Å². The van der Waals surface area contributed by atoms with E-state index in [9.17, 15) is 0 Å². The van der Waals surface area contributed by atoms with E-state index in [1.165, 1.54) is 5.56 Å². The maximum atomic E-state index is 5.54. The first-order chi connectivity index (χ1) is 14.4. The average Bonchev–Trinajstić information content (AvgIpc) is 3.37. The standard InChI is InChI=1S/C23H30N4O3/c1-23(2,3)14-7-8-16-17(11-14)26-22(25-16)15-12-24-27-20(15)13-9-18(28-4)21(30-6)19(10-13)29-5/h7-11,15,20,24,27H,12H2,1-6H3,(H,25,26). The zero-order chi connectivity index (χ0) is 21.5. The van der Waals surface area contributed by atoms with Crippen LogP contribution in [0.5, 0.6) is 17.2 Å². The fourth-order valence-electron chi connectivity index (χ4n) is 4.02. The number of aromatic nitrogens is 2. The Balaban J connectivity index is 1.72. The number of rotatable bonds is 5. The quantitative estimate of drug-likeness (QED) is 0.593. The Bertz CT molecular complexity index is 1030. The summed E-state index contributed by atoms with van der Waals surface area (Å²) in [7, 11) is 4.87. The summed E-state index contributed by atoms with van der Waals surface area (Å²) >= 11 is 0. The van der Waals surface area contributed by atoms with Crippen LogP contribution in [0.3, 0.4) is 0 Å². The number of aromatic amines is 1. The lowest BCUT2D eigenvalue weighted by Gasteiger charge is -2.20. The van der Waals surface area contributed by atoms with E-state index in [2.05, 4.69) is 54.8 Å². The third kappa shape index (κ3) is 3.59. The number of benzene rings is 2. The number of nitrogens with zero attached hydrogens (tertiary/aromatic N) is 1. The van der Waals surface area contributed by atoms with Crippen LogP contribution in [-0.4, -0.2) is 37.8 Å². The van der Waals surface area contributed by atoms with Crippen molar-refractivity contribution < 1.29 is 14.2 Å². The van der Waals surface area contributed by atoms with Crippen molar-refractivity contribution in [3.8, 4) is 17.2 Å². The topological polar surface area (TPSA) is 80.4 Å². The number of hydrogen-bond acceptors (Lipinski definition) is 6. The van der Waals surface area contributed by atoms with E-state index in [1.807, 2.05) is 12.1 Å². The predicted octanol–water partition coefficient (Wildman–Crippen LogP) is 3.82. The van der Waals surface area contributed by atoms with Crippen molar-refractivity contribution in [1.82, 2.24) is 20.8 Å². The molecule has 7 nitrogen and oxygen atoms in total.